The van der Waals surface area contributed by atoms with E-state index < -0.39 is 6.09 Å². The molecule has 0 bridgehead atoms. The molecule has 2 saturated heterocycles. The number of anilines is 1. The molecule has 0 aliphatic carbocycles. The van der Waals surface area contributed by atoms with Gasteiger partial charge in [0.15, 0.2) is 0 Å². The highest BCUT2D eigenvalue weighted by molar-refractivity contribution is 6.30. The van der Waals surface area contributed by atoms with Crippen molar-refractivity contribution in [2.45, 2.75) is 25.4 Å². The highest BCUT2D eigenvalue weighted by atomic mass is 35.5. The summed E-state index contributed by atoms with van der Waals surface area (Å²) in [6, 6.07) is 15.4. The van der Waals surface area contributed by atoms with Gasteiger partial charge >= 0.3 is 6.09 Å². The van der Waals surface area contributed by atoms with E-state index in [1.165, 1.54) is 0 Å². The van der Waals surface area contributed by atoms with Gasteiger partial charge in [-0.3, -0.25) is 10.2 Å². The van der Waals surface area contributed by atoms with Crippen LogP contribution in [0.2, 0.25) is 5.02 Å². The predicted octanol–water partition coefficient (Wildman–Crippen LogP) is 3.69. The maximum absolute atomic E-state index is 11.9. The summed E-state index contributed by atoms with van der Waals surface area (Å²) in [6.45, 7) is 4.42. The molecule has 7 heteroatoms. The van der Waals surface area contributed by atoms with Gasteiger partial charge in [0.2, 0.25) is 0 Å². The van der Waals surface area contributed by atoms with E-state index in [2.05, 4.69) is 10.2 Å². The number of rotatable bonds is 7. The molecule has 0 saturated carbocycles. The minimum atomic E-state index is -0.492. The van der Waals surface area contributed by atoms with E-state index in [0.717, 1.165) is 37.4 Å². The Kier molecular flexibility index (Phi) is 6.12. The van der Waals surface area contributed by atoms with Gasteiger partial charge in [-0.15, -0.1) is 0 Å². The molecular weight excluding hydrogens is 380 g/mol. The lowest BCUT2D eigenvalue weighted by atomic mass is 10.1. The maximum Gasteiger partial charge on any atom is 0.411 e. The number of hydrogen-bond acceptors (Lipinski definition) is 5. The summed E-state index contributed by atoms with van der Waals surface area (Å²) in [7, 11) is 0. The van der Waals surface area contributed by atoms with E-state index in [9.17, 15) is 4.79 Å². The van der Waals surface area contributed by atoms with Crippen LogP contribution in [-0.2, 0) is 27.4 Å². The summed E-state index contributed by atoms with van der Waals surface area (Å²) in [5.41, 5.74) is 2.64. The zero-order valence-corrected chi connectivity index (χ0v) is 16.2. The summed E-state index contributed by atoms with van der Waals surface area (Å²) >= 11 is 5.84. The molecule has 148 valence electrons. The molecule has 1 amide bonds. The first-order chi connectivity index (χ1) is 13.7. The third-order valence-corrected chi connectivity index (χ3v) is 5.23. The third-order valence-electron chi connectivity index (χ3n) is 4.98. The smallest absolute Gasteiger partial charge is 0.411 e. The van der Waals surface area contributed by atoms with Gasteiger partial charge < -0.3 is 14.2 Å². The molecule has 0 radical (unpaired) electrons. The Morgan fingerprint density at radius 3 is 2.32 bits per heavy atom. The number of carbonyl (C=O) groups is 1. The summed E-state index contributed by atoms with van der Waals surface area (Å²) in [6.07, 6.45) is -0.199. The van der Waals surface area contributed by atoms with E-state index in [1.54, 1.807) is 12.1 Å². The molecule has 2 aromatic rings. The highest BCUT2D eigenvalue weighted by Crippen LogP contribution is 2.21. The Morgan fingerprint density at radius 2 is 1.68 bits per heavy atom. The number of hydrogen-bond donors (Lipinski definition) is 1. The summed E-state index contributed by atoms with van der Waals surface area (Å²) in [5, 5.41) is 3.38. The molecule has 0 atom stereocenters. The van der Waals surface area contributed by atoms with Crippen LogP contribution in [0.3, 0.4) is 0 Å². The second kappa shape index (κ2) is 8.92. The molecule has 1 N–H and O–H groups in total. The fourth-order valence-electron chi connectivity index (χ4n) is 3.09. The van der Waals surface area contributed by atoms with Gasteiger partial charge in [-0.25, -0.2) is 4.79 Å². The number of amides is 1. The van der Waals surface area contributed by atoms with Gasteiger partial charge in [0, 0.05) is 23.8 Å². The first-order valence-electron chi connectivity index (χ1n) is 9.36. The summed E-state index contributed by atoms with van der Waals surface area (Å²) in [5.74, 6) is 0. The van der Waals surface area contributed by atoms with Crippen molar-refractivity contribution in [1.29, 1.82) is 0 Å². The number of carbonyl (C=O) groups excluding carboxylic acids is 1. The molecule has 4 rings (SSSR count). The van der Waals surface area contributed by atoms with E-state index in [1.807, 2.05) is 36.4 Å². The molecule has 2 heterocycles. The van der Waals surface area contributed by atoms with E-state index >= 15 is 0 Å². The SMILES string of the molecule is O=C(Nc1ccc(COC2CN(C3COC3)C2)cc1)OCc1ccc(Cl)cc1. The molecule has 0 spiro atoms. The van der Waals surface area contributed by atoms with Crippen molar-refractivity contribution in [3.05, 3.63) is 64.7 Å². The van der Waals surface area contributed by atoms with E-state index in [4.69, 9.17) is 25.8 Å². The molecule has 0 aromatic heterocycles. The van der Waals surface area contributed by atoms with Crippen molar-refractivity contribution in [3.63, 3.8) is 0 Å². The maximum atomic E-state index is 11.9. The lowest BCUT2D eigenvalue weighted by Gasteiger charge is -2.47. The zero-order valence-electron chi connectivity index (χ0n) is 15.5. The largest absolute Gasteiger partial charge is 0.444 e. The average Bonchev–Trinajstić information content (AvgIpc) is 2.62. The molecule has 2 fully saturated rings. The minimum Gasteiger partial charge on any atom is -0.444 e. The van der Waals surface area contributed by atoms with Crippen LogP contribution >= 0.6 is 11.6 Å². The van der Waals surface area contributed by atoms with Crippen LogP contribution < -0.4 is 5.32 Å². The number of likely N-dealkylation sites (tertiary alicyclic amines) is 1. The first-order valence-corrected chi connectivity index (χ1v) is 9.74. The van der Waals surface area contributed by atoms with E-state index in [-0.39, 0.29) is 6.61 Å². The molecule has 0 unspecified atom stereocenters. The van der Waals surface area contributed by atoms with Crippen LogP contribution in [0.1, 0.15) is 11.1 Å². The number of halogens is 1. The van der Waals surface area contributed by atoms with E-state index in [0.29, 0.717) is 29.5 Å². The summed E-state index contributed by atoms with van der Waals surface area (Å²) < 4.78 is 16.4. The second-order valence-electron chi connectivity index (χ2n) is 7.10. The monoisotopic (exact) mass is 402 g/mol. The van der Waals surface area contributed by atoms with Crippen molar-refractivity contribution in [1.82, 2.24) is 4.90 Å². The van der Waals surface area contributed by atoms with Gasteiger partial charge in [0.05, 0.1) is 32.0 Å². The van der Waals surface area contributed by atoms with Gasteiger partial charge in [-0.05, 0) is 35.4 Å². The molecule has 2 aromatic carbocycles. The van der Waals surface area contributed by atoms with Crippen LogP contribution in [0.15, 0.2) is 48.5 Å². The van der Waals surface area contributed by atoms with Crippen LogP contribution in [0.5, 0.6) is 0 Å². The van der Waals surface area contributed by atoms with Crippen molar-refractivity contribution in [2.75, 3.05) is 31.6 Å². The Balaban J connectivity index is 1.16. The normalized spacial score (nSPS) is 17.6. The van der Waals surface area contributed by atoms with Gasteiger partial charge in [0.25, 0.3) is 0 Å². The third kappa shape index (κ3) is 5.02. The fourth-order valence-corrected chi connectivity index (χ4v) is 3.22. The van der Waals surface area contributed by atoms with Gasteiger partial charge in [0.1, 0.15) is 6.61 Å². The molecule has 2 aliphatic heterocycles. The van der Waals surface area contributed by atoms with Gasteiger partial charge in [-0.1, -0.05) is 35.9 Å². The topological polar surface area (TPSA) is 60.0 Å². The number of benzene rings is 2. The zero-order chi connectivity index (χ0) is 19.3. The van der Waals surface area contributed by atoms with Crippen LogP contribution in [0, 0.1) is 0 Å². The number of nitrogens with zero attached hydrogens (tertiary/aromatic N) is 1. The molecular formula is C21H23ClN2O4. The Morgan fingerprint density at radius 1 is 1.04 bits per heavy atom. The average molecular weight is 403 g/mol. The van der Waals surface area contributed by atoms with Crippen LogP contribution in [0.4, 0.5) is 10.5 Å². The predicted molar refractivity (Wildman–Crippen MR) is 106 cm³/mol. The van der Waals surface area contributed by atoms with Crippen molar-refractivity contribution in [2.24, 2.45) is 0 Å². The first kappa shape index (κ1) is 19.2. The van der Waals surface area contributed by atoms with Crippen LogP contribution in [-0.4, -0.2) is 49.4 Å². The number of ether oxygens (including phenoxy) is 3. The minimum absolute atomic E-state index is 0.195. The standard InChI is InChI=1S/C21H23ClN2O4/c22-17-5-1-15(2-6-17)12-28-21(25)23-18-7-3-16(4-8-18)11-27-20-9-24(10-20)19-13-26-14-19/h1-8,19-20H,9-14H2,(H,23,25). The van der Waals surface area contributed by atoms with Crippen LogP contribution in [0.25, 0.3) is 0 Å². The highest BCUT2D eigenvalue weighted by Gasteiger charge is 2.36. The molecule has 28 heavy (non-hydrogen) atoms. The number of nitrogens with one attached hydrogen (secondary N) is 1. The lowest BCUT2D eigenvalue weighted by molar-refractivity contribution is -0.141. The fraction of sp³-hybridized carbons (Fsp3) is 0.381. The van der Waals surface area contributed by atoms with Crippen molar-refractivity contribution >= 4 is 23.4 Å². The summed E-state index contributed by atoms with van der Waals surface area (Å²) in [4.78, 5) is 14.3. The Hall–Kier alpha value is -2.12. The Labute approximate surface area is 169 Å². The van der Waals surface area contributed by atoms with Gasteiger partial charge in [-0.2, -0.15) is 0 Å². The van der Waals surface area contributed by atoms with Crippen molar-refractivity contribution < 1.29 is 19.0 Å². The molecule has 2 aliphatic rings. The quantitative estimate of drug-likeness (QED) is 0.765. The Bertz CT molecular complexity index is 787. The molecule has 6 nitrogen and oxygen atoms in total. The lowest BCUT2D eigenvalue weighted by Crippen LogP contribution is -2.62. The second-order valence-corrected chi connectivity index (χ2v) is 7.54. The van der Waals surface area contributed by atoms with Crippen molar-refractivity contribution in [3.8, 4) is 0 Å².